The van der Waals surface area contributed by atoms with Gasteiger partial charge in [0.25, 0.3) is 11.8 Å². The molecule has 8 nitrogen and oxygen atoms in total. The van der Waals surface area contributed by atoms with E-state index >= 15 is 0 Å². The van der Waals surface area contributed by atoms with Gasteiger partial charge in [0.2, 0.25) is 0 Å². The van der Waals surface area contributed by atoms with E-state index in [0.717, 1.165) is 6.07 Å². The maximum atomic E-state index is 14.5. The Bertz CT molecular complexity index is 1200. The third kappa shape index (κ3) is 4.70. The number of nitrogens with two attached hydrogens (primary N) is 1. The number of rotatable bonds is 6. The largest absolute Gasteiger partial charge is 0.490 e. The number of carbonyl (C=O) groups excluding carboxylic acids is 2. The summed E-state index contributed by atoms with van der Waals surface area (Å²) in [4.78, 5) is 29.6. The molecule has 2 amide bonds. The molecule has 178 valence electrons. The van der Waals surface area contributed by atoms with Crippen LogP contribution in [-0.4, -0.2) is 56.3 Å². The molecule has 0 saturated carbocycles. The normalized spacial score (nSPS) is 16.4. The summed E-state index contributed by atoms with van der Waals surface area (Å²) in [5.74, 6) is -1.89. The first-order valence-corrected chi connectivity index (χ1v) is 10.6. The summed E-state index contributed by atoms with van der Waals surface area (Å²) in [6, 6.07) is 6.93. The van der Waals surface area contributed by atoms with Crippen LogP contribution in [0.5, 0.6) is 11.5 Å². The number of carbonyl (C=O) groups is 2. The van der Waals surface area contributed by atoms with Crippen molar-refractivity contribution in [3.63, 3.8) is 0 Å². The number of benzene rings is 2. The zero-order chi connectivity index (χ0) is 24.4. The van der Waals surface area contributed by atoms with Crippen molar-refractivity contribution in [2.45, 2.75) is 6.92 Å². The molecular formula is C24H24F2N4O4. The number of likely N-dealkylation sites (tertiary alicyclic amines) is 1. The van der Waals surface area contributed by atoms with Gasteiger partial charge >= 0.3 is 0 Å². The molecule has 1 fully saturated rings. The molecule has 1 saturated heterocycles. The van der Waals surface area contributed by atoms with Crippen molar-refractivity contribution in [1.82, 2.24) is 4.90 Å². The van der Waals surface area contributed by atoms with Crippen LogP contribution >= 0.6 is 0 Å². The zero-order valence-corrected chi connectivity index (χ0v) is 18.7. The van der Waals surface area contributed by atoms with E-state index in [0.29, 0.717) is 29.9 Å². The van der Waals surface area contributed by atoms with E-state index in [1.807, 2.05) is 0 Å². The molecule has 0 radical (unpaired) electrons. The number of allylic oxidation sites excluding steroid dienone is 2. The number of hydrogen-bond donors (Lipinski definition) is 2. The minimum atomic E-state index is -0.726. The van der Waals surface area contributed by atoms with Crippen LogP contribution in [0.15, 0.2) is 41.0 Å². The molecule has 10 heteroatoms. The number of halogens is 2. The summed E-state index contributed by atoms with van der Waals surface area (Å²) in [6.45, 7) is 2.39. The number of fused-ring (bicyclic) bond motifs is 1. The van der Waals surface area contributed by atoms with Crippen LogP contribution in [0.1, 0.15) is 22.8 Å². The standard InChI is InChI=1S/C24H24F2N4O4/c1-13(27)17(8-28-2)15-3-4-21(19(26)5-15)33-11-14-9-30(10-14)24(32)16-6-20-22(7-18(16)25)34-12-23(31)29-20/h3-8,14H,9-12,27H2,1-2H3,(H,29,31). The highest BCUT2D eigenvalue weighted by molar-refractivity contribution is 6.10. The molecule has 34 heavy (non-hydrogen) atoms. The Morgan fingerprint density at radius 1 is 1.29 bits per heavy atom. The first kappa shape index (κ1) is 23.2. The molecule has 0 unspecified atom stereocenters. The maximum absolute atomic E-state index is 14.5. The predicted octanol–water partition coefficient (Wildman–Crippen LogP) is 2.84. The summed E-state index contributed by atoms with van der Waals surface area (Å²) in [6.07, 6.45) is 1.57. The smallest absolute Gasteiger partial charge is 0.262 e. The van der Waals surface area contributed by atoms with E-state index in [1.165, 1.54) is 23.1 Å². The topological polar surface area (TPSA) is 106 Å². The van der Waals surface area contributed by atoms with Crippen LogP contribution in [0.25, 0.3) is 5.57 Å². The Balaban J connectivity index is 1.35. The van der Waals surface area contributed by atoms with Gasteiger partial charge in [0.1, 0.15) is 11.6 Å². The highest BCUT2D eigenvalue weighted by Crippen LogP contribution is 2.32. The van der Waals surface area contributed by atoms with E-state index in [4.69, 9.17) is 15.2 Å². The second-order valence-electron chi connectivity index (χ2n) is 8.18. The highest BCUT2D eigenvalue weighted by atomic mass is 19.1. The van der Waals surface area contributed by atoms with Crippen molar-refractivity contribution < 1.29 is 27.8 Å². The van der Waals surface area contributed by atoms with Crippen LogP contribution in [-0.2, 0) is 4.79 Å². The highest BCUT2D eigenvalue weighted by Gasteiger charge is 2.34. The summed E-state index contributed by atoms with van der Waals surface area (Å²) < 4.78 is 39.7. The molecule has 2 aromatic rings. The Kier molecular flexibility index (Phi) is 6.49. The van der Waals surface area contributed by atoms with Crippen LogP contribution in [0.2, 0.25) is 0 Å². The Morgan fingerprint density at radius 2 is 2.06 bits per heavy atom. The van der Waals surface area contributed by atoms with Gasteiger partial charge in [-0.2, -0.15) is 0 Å². The van der Waals surface area contributed by atoms with Gasteiger partial charge in [-0.05, 0) is 30.7 Å². The number of anilines is 1. The van der Waals surface area contributed by atoms with E-state index in [2.05, 4.69) is 10.3 Å². The first-order valence-electron chi connectivity index (χ1n) is 10.6. The lowest BCUT2D eigenvalue weighted by atomic mass is 9.99. The van der Waals surface area contributed by atoms with E-state index in [-0.39, 0.29) is 47.8 Å². The van der Waals surface area contributed by atoms with Crippen molar-refractivity contribution >= 4 is 29.3 Å². The van der Waals surface area contributed by atoms with Gasteiger partial charge in [0.15, 0.2) is 18.2 Å². The maximum Gasteiger partial charge on any atom is 0.262 e. The Morgan fingerprint density at radius 3 is 2.74 bits per heavy atom. The Hall–Kier alpha value is -3.95. The molecule has 4 rings (SSSR count). The number of amides is 2. The van der Waals surface area contributed by atoms with Crippen LogP contribution in [0.3, 0.4) is 0 Å². The van der Waals surface area contributed by atoms with Gasteiger partial charge < -0.3 is 25.4 Å². The molecule has 2 aliphatic rings. The van der Waals surface area contributed by atoms with Crippen molar-refractivity contribution in [2.24, 2.45) is 16.6 Å². The second-order valence-corrected chi connectivity index (χ2v) is 8.18. The molecule has 0 aromatic heterocycles. The van der Waals surface area contributed by atoms with Crippen molar-refractivity contribution in [3.05, 3.63) is 58.8 Å². The molecule has 3 N–H and O–H groups in total. The quantitative estimate of drug-likeness (QED) is 0.632. The van der Waals surface area contributed by atoms with E-state index in [9.17, 15) is 18.4 Å². The Labute approximate surface area is 195 Å². The van der Waals surface area contributed by atoms with Crippen LogP contribution < -0.4 is 20.5 Å². The first-order chi connectivity index (χ1) is 16.3. The lowest BCUT2D eigenvalue weighted by Crippen LogP contribution is -2.52. The number of hydrogen-bond acceptors (Lipinski definition) is 6. The van der Waals surface area contributed by atoms with Gasteiger partial charge in [0.05, 0.1) is 17.9 Å². The molecule has 0 spiro atoms. The fraction of sp³-hybridized carbons (Fsp3) is 0.292. The molecule has 0 bridgehead atoms. The number of aliphatic imine (C=N–C) groups is 1. The van der Waals surface area contributed by atoms with Gasteiger partial charge in [-0.25, -0.2) is 8.78 Å². The molecule has 2 heterocycles. The van der Waals surface area contributed by atoms with E-state index < -0.39 is 17.5 Å². The van der Waals surface area contributed by atoms with Gasteiger partial charge in [0, 0.05) is 49.6 Å². The lowest BCUT2D eigenvalue weighted by molar-refractivity contribution is -0.118. The number of ether oxygens (including phenoxy) is 2. The van der Waals surface area contributed by atoms with Crippen LogP contribution in [0.4, 0.5) is 14.5 Å². The summed E-state index contributed by atoms with van der Waals surface area (Å²) in [5.41, 5.74) is 7.69. The zero-order valence-electron chi connectivity index (χ0n) is 18.7. The second kappa shape index (κ2) is 9.50. The van der Waals surface area contributed by atoms with Crippen molar-refractivity contribution in [1.29, 1.82) is 0 Å². The minimum absolute atomic E-state index is 0.0271. The fourth-order valence-corrected chi connectivity index (χ4v) is 3.80. The third-order valence-corrected chi connectivity index (χ3v) is 5.58. The van der Waals surface area contributed by atoms with Gasteiger partial charge in [-0.1, -0.05) is 6.07 Å². The molecule has 0 aliphatic carbocycles. The van der Waals surface area contributed by atoms with Gasteiger partial charge in [-0.3, -0.25) is 14.6 Å². The van der Waals surface area contributed by atoms with E-state index in [1.54, 1.807) is 26.3 Å². The lowest BCUT2D eigenvalue weighted by Gasteiger charge is -2.39. The molecular weight excluding hydrogens is 446 g/mol. The third-order valence-electron chi connectivity index (χ3n) is 5.58. The monoisotopic (exact) mass is 470 g/mol. The molecule has 2 aliphatic heterocycles. The number of nitrogens with one attached hydrogen (secondary N) is 1. The van der Waals surface area contributed by atoms with Crippen LogP contribution in [0, 0.1) is 17.6 Å². The summed E-state index contributed by atoms with van der Waals surface area (Å²) in [7, 11) is 1.61. The molecule has 0 atom stereocenters. The number of nitrogens with zero attached hydrogens (tertiary/aromatic N) is 2. The predicted molar refractivity (Wildman–Crippen MR) is 123 cm³/mol. The van der Waals surface area contributed by atoms with Gasteiger partial charge in [-0.15, -0.1) is 0 Å². The van der Waals surface area contributed by atoms with Crippen molar-refractivity contribution in [3.8, 4) is 11.5 Å². The molecule has 2 aromatic carbocycles. The fourth-order valence-electron chi connectivity index (χ4n) is 3.80. The minimum Gasteiger partial charge on any atom is -0.490 e. The van der Waals surface area contributed by atoms with Crippen molar-refractivity contribution in [2.75, 3.05) is 38.7 Å². The average Bonchev–Trinajstić information content (AvgIpc) is 2.76. The SMILES string of the molecule is CN=CC(=C(C)N)c1ccc(OCC2CN(C(=O)c3cc4c(cc3F)OCC(=O)N4)C2)c(F)c1. The summed E-state index contributed by atoms with van der Waals surface area (Å²) >= 11 is 0. The average molecular weight is 470 g/mol. The summed E-state index contributed by atoms with van der Waals surface area (Å²) in [5, 5.41) is 2.56.